The maximum Gasteiger partial charge on any atom is 0.225 e. The highest BCUT2D eigenvalue weighted by molar-refractivity contribution is 7.10. The zero-order valence-electron chi connectivity index (χ0n) is 13.0. The molecule has 3 nitrogen and oxygen atoms in total. The van der Waals surface area contributed by atoms with Crippen molar-refractivity contribution in [3.05, 3.63) is 22.4 Å². The third-order valence-corrected chi connectivity index (χ3v) is 5.61. The number of amides is 1. The van der Waals surface area contributed by atoms with Crippen LogP contribution < -0.4 is 5.32 Å². The first-order chi connectivity index (χ1) is 10.1. The minimum absolute atomic E-state index is 0.125. The highest BCUT2D eigenvalue weighted by atomic mass is 32.1. The van der Waals surface area contributed by atoms with Crippen molar-refractivity contribution in [3.63, 3.8) is 0 Å². The Morgan fingerprint density at radius 1 is 1.29 bits per heavy atom. The number of hydrogen-bond donors (Lipinski definition) is 1. The Kier molecular flexibility index (Phi) is 4.65. The summed E-state index contributed by atoms with van der Waals surface area (Å²) in [4.78, 5) is 15.6. The van der Waals surface area contributed by atoms with E-state index < -0.39 is 0 Å². The molecule has 1 aromatic heterocycles. The van der Waals surface area contributed by atoms with Gasteiger partial charge in [-0.15, -0.1) is 11.3 Å². The molecule has 1 amide bonds. The maximum absolute atomic E-state index is 12.0. The number of piperidine rings is 1. The third-order valence-electron chi connectivity index (χ3n) is 4.66. The highest BCUT2D eigenvalue weighted by Gasteiger charge is 2.35. The Morgan fingerprint density at radius 2 is 2.00 bits per heavy atom. The van der Waals surface area contributed by atoms with Crippen molar-refractivity contribution in [1.82, 2.24) is 10.2 Å². The van der Waals surface area contributed by atoms with Gasteiger partial charge in [0.25, 0.3) is 0 Å². The molecule has 3 rings (SSSR count). The molecule has 116 valence electrons. The largest absolute Gasteiger partial charge is 0.342 e. The maximum atomic E-state index is 12.0. The van der Waals surface area contributed by atoms with Crippen LogP contribution in [0.25, 0.3) is 0 Å². The van der Waals surface area contributed by atoms with Crippen molar-refractivity contribution in [2.24, 2.45) is 11.8 Å². The zero-order chi connectivity index (χ0) is 14.8. The first kappa shape index (κ1) is 15.0. The molecule has 2 fully saturated rings. The molecule has 1 N–H and O–H groups in total. The second kappa shape index (κ2) is 6.49. The van der Waals surface area contributed by atoms with E-state index in [4.69, 9.17) is 0 Å². The van der Waals surface area contributed by atoms with E-state index in [1.54, 1.807) is 0 Å². The lowest BCUT2D eigenvalue weighted by Gasteiger charge is -2.35. The van der Waals surface area contributed by atoms with Crippen LogP contribution in [-0.2, 0) is 4.79 Å². The molecule has 0 spiro atoms. The summed E-state index contributed by atoms with van der Waals surface area (Å²) in [6, 6.07) is 5.52. The Hall–Kier alpha value is -0.870. The number of carbonyl (C=O) groups excluding carboxylic acids is 1. The molecular weight excluding hydrogens is 280 g/mol. The molecule has 0 radical (unpaired) electrons. The van der Waals surface area contributed by atoms with Crippen molar-refractivity contribution in [1.29, 1.82) is 0 Å². The van der Waals surface area contributed by atoms with E-state index in [2.05, 4.69) is 22.8 Å². The first-order valence-corrected chi connectivity index (χ1v) is 9.11. The van der Waals surface area contributed by atoms with E-state index in [1.165, 1.54) is 17.7 Å². The van der Waals surface area contributed by atoms with Gasteiger partial charge >= 0.3 is 0 Å². The quantitative estimate of drug-likeness (QED) is 0.904. The number of likely N-dealkylation sites (tertiary alicyclic amines) is 1. The smallest absolute Gasteiger partial charge is 0.225 e. The van der Waals surface area contributed by atoms with E-state index in [9.17, 15) is 4.79 Å². The molecule has 2 heterocycles. The normalized spacial score (nSPS) is 21.8. The molecular formula is C17H26N2OS. The summed E-state index contributed by atoms with van der Waals surface area (Å²) in [5.41, 5.74) is 0. The monoisotopic (exact) mass is 306 g/mol. The van der Waals surface area contributed by atoms with Crippen LogP contribution in [0.2, 0.25) is 0 Å². The molecule has 1 saturated heterocycles. The van der Waals surface area contributed by atoms with E-state index in [0.717, 1.165) is 31.8 Å². The number of thiophene rings is 1. The van der Waals surface area contributed by atoms with Gasteiger partial charge in [0, 0.05) is 36.0 Å². The van der Waals surface area contributed by atoms with E-state index in [1.807, 2.05) is 30.1 Å². The van der Waals surface area contributed by atoms with Crippen LogP contribution in [-0.4, -0.2) is 29.9 Å². The topological polar surface area (TPSA) is 32.3 Å². The van der Waals surface area contributed by atoms with Gasteiger partial charge < -0.3 is 10.2 Å². The fourth-order valence-corrected chi connectivity index (χ4v) is 4.11. The predicted molar refractivity (Wildman–Crippen MR) is 87.4 cm³/mol. The molecule has 0 aromatic carbocycles. The number of nitrogens with one attached hydrogen (secondary N) is 1. The van der Waals surface area contributed by atoms with Gasteiger partial charge in [-0.05, 0) is 43.0 Å². The second-order valence-corrected chi connectivity index (χ2v) is 7.73. The summed E-state index contributed by atoms with van der Waals surface area (Å²) in [6.07, 6.45) is 4.90. The zero-order valence-corrected chi connectivity index (χ0v) is 13.9. The van der Waals surface area contributed by atoms with Gasteiger partial charge in [-0.2, -0.15) is 0 Å². The summed E-state index contributed by atoms with van der Waals surface area (Å²) in [5.74, 6) is 1.27. The summed E-state index contributed by atoms with van der Waals surface area (Å²) >= 11 is 1.87. The summed E-state index contributed by atoms with van der Waals surface area (Å²) < 4.78 is 0. The van der Waals surface area contributed by atoms with Crippen molar-refractivity contribution >= 4 is 17.2 Å². The van der Waals surface area contributed by atoms with E-state index in [0.29, 0.717) is 18.0 Å². The van der Waals surface area contributed by atoms with Gasteiger partial charge in [0.1, 0.15) is 0 Å². The molecule has 1 unspecified atom stereocenters. The van der Waals surface area contributed by atoms with Crippen molar-refractivity contribution < 1.29 is 4.79 Å². The van der Waals surface area contributed by atoms with Gasteiger partial charge in [0.15, 0.2) is 0 Å². The Labute approximate surface area is 131 Å². The van der Waals surface area contributed by atoms with Gasteiger partial charge in [-0.1, -0.05) is 19.9 Å². The van der Waals surface area contributed by atoms with Gasteiger partial charge in [-0.3, -0.25) is 4.79 Å². The number of rotatable bonds is 5. The molecule has 1 aliphatic carbocycles. The Morgan fingerprint density at radius 3 is 2.52 bits per heavy atom. The number of nitrogens with zero attached hydrogens (tertiary/aromatic N) is 1. The van der Waals surface area contributed by atoms with Crippen LogP contribution in [0.1, 0.15) is 50.4 Å². The van der Waals surface area contributed by atoms with Crippen LogP contribution >= 0.6 is 11.3 Å². The van der Waals surface area contributed by atoms with Crippen LogP contribution in [0.3, 0.4) is 0 Å². The molecule has 4 heteroatoms. The predicted octanol–water partition coefficient (Wildman–Crippen LogP) is 3.44. The highest BCUT2D eigenvalue weighted by Crippen LogP contribution is 2.42. The summed E-state index contributed by atoms with van der Waals surface area (Å²) in [7, 11) is 0. The standard InChI is InChI=1S/C17H26N2OS/c1-12(2)17(20)19-9-7-14(8-10-19)18-16(13-5-6-13)15-4-3-11-21-15/h3-4,11-14,16,18H,5-10H2,1-2H3. The van der Waals surface area contributed by atoms with Gasteiger partial charge in [-0.25, -0.2) is 0 Å². The van der Waals surface area contributed by atoms with Crippen LogP contribution in [0, 0.1) is 11.8 Å². The van der Waals surface area contributed by atoms with Crippen molar-refractivity contribution in [2.75, 3.05) is 13.1 Å². The Balaban J connectivity index is 1.53. The average Bonchev–Trinajstić information content (AvgIpc) is 3.19. The summed E-state index contributed by atoms with van der Waals surface area (Å²) in [5, 5.41) is 6.06. The van der Waals surface area contributed by atoms with Gasteiger partial charge in [0.05, 0.1) is 0 Å². The van der Waals surface area contributed by atoms with Crippen molar-refractivity contribution in [2.45, 2.75) is 51.6 Å². The number of carbonyl (C=O) groups is 1. The molecule has 21 heavy (non-hydrogen) atoms. The lowest BCUT2D eigenvalue weighted by atomic mass is 10.0. The van der Waals surface area contributed by atoms with Crippen LogP contribution in [0.5, 0.6) is 0 Å². The van der Waals surface area contributed by atoms with Crippen LogP contribution in [0.4, 0.5) is 0 Å². The number of hydrogen-bond acceptors (Lipinski definition) is 3. The second-order valence-electron chi connectivity index (χ2n) is 6.75. The molecule has 1 aromatic rings. The van der Waals surface area contributed by atoms with Crippen LogP contribution in [0.15, 0.2) is 17.5 Å². The van der Waals surface area contributed by atoms with E-state index >= 15 is 0 Å². The molecule has 2 aliphatic rings. The molecule has 1 atom stereocenters. The minimum atomic E-state index is 0.125. The van der Waals surface area contributed by atoms with Gasteiger partial charge in [0.2, 0.25) is 5.91 Å². The molecule has 1 saturated carbocycles. The molecule has 1 aliphatic heterocycles. The van der Waals surface area contributed by atoms with Crippen molar-refractivity contribution in [3.8, 4) is 0 Å². The molecule has 0 bridgehead atoms. The minimum Gasteiger partial charge on any atom is -0.342 e. The summed E-state index contributed by atoms with van der Waals surface area (Å²) in [6.45, 7) is 5.81. The van der Waals surface area contributed by atoms with E-state index in [-0.39, 0.29) is 5.92 Å². The average molecular weight is 306 g/mol. The Bertz CT molecular complexity index is 459. The fraction of sp³-hybridized carbons (Fsp3) is 0.706. The lowest BCUT2D eigenvalue weighted by molar-refractivity contribution is -0.135. The fourth-order valence-electron chi connectivity index (χ4n) is 3.23. The lowest BCUT2D eigenvalue weighted by Crippen LogP contribution is -2.47. The third kappa shape index (κ3) is 3.67. The SMILES string of the molecule is CC(C)C(=O)N1CCC(NC(c2cccs2)C2CC2)CC1. The first-order valence-electron chi connectivity index (χ1n) is 8.23.